The molecule has 1 N–H and O–H groups in total. The van der Waals surface area contributed by atoms with Crippen LogP contribution in [0.4, 0.5) is 14.6 Å². The van der Waals surface area contributed by atoms with Gasteiger partial charge < -0.3 is 14.4 Å². The Kier molecular flexibility index (Phi) is 6.10. The molecule has 35 heavy (non-hydrogen) atoms. The molecule has 0 radical (unpaired) electrons. The fourth-order valence-corrected chi connectivity index (χ4v) is 4.67. The van der Waals surface area contributed by atoms with Gasteiger partial charge in [-0.2, -0.15) is 0 Å². The lowest BCUT2D eigenvalue weighted by atomic mass is 9.95. The summed E-state index contributed by atoms with van der Waals surface area (Å²) in [6, 6.07) is 3.89. The number of likely N-dealkylation sites (N-methyl/N-ethyl adjacent to an activating group) is 1. The molecule has 0 unspecified atom stereocenters. The third-order valence-corrected chi connectivity index (χ3v) is 6.64. The maximum Gasteiger partial charge on any atom is 0.327 e. The highest BCUT2D eigenvalue weighted by molar-refractivity contribution is 5.83. The summed E-state index contributed by atoms with van der Waals surface area (Å²) < 4.78 is 31.0. The van der Waals surface area contributed by atoms with Crippen molar-refractivity contribution in [3.05, 3.63) is 58.7 Å². The third kappa shape index (κ3) is 4.43. The highest BCUT2D eigenvalue weighted by atomic mass is 19.2. The standard InChI is InChI=1S/C24H28F2N8O/c1-31(2)10-11-34-13-19(16-4-5-17(25)18(26)12-16)29-22(34)15-6-8-33(9-7-15)23-20-21(27-14-28-23)30-24(35)32(20)3/h4-5,12-15H,6-11H2,1-3H3,(H,27,28,30,35). The van der Waals surface area contributed by atoms with E-state index < -0.39 is 11.6 Å². The van der Waals surface area contributed by atoms with Gasteiger partial charge in [0.15, 0.2) is 23.1 Å². The first-order valence-corrected chi connectivity index (χ1v) is 11.6. The minimum Gasteiger partial charge on any atom is -0.355 e. The number of fused-ring (bicyclic) bond motifs is 1. The first-order valence-electron chi connectivity index (χ1n) is 11.6. The average molecular weight is 483 g/mol. The minimum atomic E-state index is -0.879. The van der Waals surface area contributed by atoms with Crippen molar-refractivity contribution in [1.82, 2.24) is 34.0 Å². The number of piperidine rings is 1. The van der Waals surface area contributed by atoms with Crippen LogP contribution in [-0.4, -0.2) is 67.7 Å². The fraction of sp³-hybridized carbons (Fsp3) is 0.417. The van der Waals surface area contributed by atoms with Crippen LogP contribution in [0, 0.1) is 11.6 Å². The van der Waals surface area contributed by atoms with Crippen LogP contribution in [-0.2, 0) is 13.6 Å². The van der Waals surface area contributed by atoms with E-state index in [9.17, 15) is 13.6 Å². The van der Waals surface area contributed by atoms with Crippen molar-refractivity contribution in [3.63, 3.8) is 0 Å². The number of H-pyrrole nitrogens is 1. The fourth-order valence-electron chi connectivity index (χ4n) is 4.67. The summed E-state index contributed by atoms with van der Waals surface area (Å²) in [6.07, 6.45) is 5.10. The second-order valence-electron chi connectivity index (χ2n) is 9.25. The van der Waals surface area contributed by atoms with Crippen molar-refractivity contribution < 1.29 is 8.78 Å². The number of aromatic nitrogens is 6. The van der Waals surface area contributed by atoms with Gasteiger partial charge in [0.05, 0.1) is 5.69 Å². The molecule has 0 aliphatic carbocycles. The molecule has 0 amide bonds. The van der Waals surface area contributed by atoms with Crippen molar-refractivity contribution in [1.29, 1.82) is 0 Å². The second kappa shape index (κ2) is 9.21. The summed E-state index contributed by atoms with van der Waals surface area (Å²) >= 11 is 0. The van der Waals surface area contributed by atoms with Gasteiger partial charge in [-0.15, -0.1) is 0 Å². The number of anilines is 1. The zero-order valence-electron chi connectivity index (χ0n) is 20.0. The molecule has 9 nitrogen and oxygen atoms in total. The number of hydrogen-bond acceptors (Lipinski definition) is 6. The molecule has 3 aromatic heterocycles. The number of aryl methyl sites for hydroxylation is 1. The van der Waals surface area contributed by atoms with Crippen molar-refractivity contribution in [3.8, 4) is 11.3 Å². The van der Waals surface area contributed by atoms with E-state index in [1.807, 2.05) is 20.3 Å². The largest absolute Gasteiger partial charge is 0.355 e. The Balaban J connectivity index is 1.41. The van der Waals surface area contributed by atoms with Crippen molar-refractivity contribution in [2.75, 3.05) is 38.6 Å². The Morgan fingerprint density at radius 2 is 1.91 bits per heavy atom. The van der Waals surface area contributed by atoms with E-state index >= 15 is 0 Å². The Labute approximate surface area is 201 Å². The van der Waals surface area contributed by atoms with E-state index in [2.05, 4.69) is 29.3 Å². The summed E-state index contributed by atoms with van der Waals surface area (Å²) in [4.78, 5) is 32.7. The maximum absolute atomic E-state index is 13.9. The summed E-state index contributed by atoms with van der Waals surface area (Å²) in [7, 11) is 5.74. The Morgan fingerprint density at radius 1 is 1.14 bits per heavy atom. The molecule has 0 bridgehead atoms. The van der Waals surface area contributed by atoms with Crippen LogP contribution < -0.4 is 10.6 Å². The van der Waals surface area contributed by atoms with E-state index in [0.29, 0.717) is 22.4 Å². The van der Waals surface area contributed by atoms with E-state index in [4.69, 9.17) is 4.98 Å². The highest BCUT2D eigenvalue weighted by Crippen LogP contribution is 2.33. The molecule has 4 aromatic rings. The molecule has 1 aliphatic rings. The number of rotatable bonds is 6. The van der Waals surface area contributed by atoms with Gasteiger partial charge in [0.2, 0.25) is 0 Å². The van der Waals surface area contributed by atoms with Gasteiger partial charge >= 0.3 is 5.69 Å². The Morgan fingerprint density at radius 3 is 2.63 bits per heavy atom. The number of nitrogens with zero attached hydrogens (tertiary/aromatic N) is 7. The van der Waals surface area contributed by atoms with Gasteiger partial charge in [0, 0.05) is 50.9 Å². The average Bonchev–Trinajstić information content (AvgIpc) is 3.40. The molecule has 1 aliphatic heterocycles. The predicted molar refractivity (Wildman–Crippen MR) is 129 cm³/mol. The number of nitrogens with one attached hydrogen (secondary N) is 1. The van der Waals surface area contributed by atoms with E-state index in [0.717, 1.165) is 56.7 Å². The molecular weight excluding hydrogens is 454 g/mol. The third-order valence-electron chi connectivity index (χ3n) is 6.64. The van der Waals surface area contributed by atoms with Crippen LogP contribution >= 0.6 is 0 Å². The van der Waals surface area contributed by atoms with Gasteiger partial charge in [-0.05, 0) is 45.1 Å². The van der Waals surface area contributed by atoms with E-state index in [1.54, 1.807) is 17.7 Å². The number of halogens is 2. The van der Waals surface area contributed by atoms with Crippen molar-refractivity contribution >= 4 is 17.0 Å². The lowest BCUT2D eigenvalue weighted by Crippen LogP contribution is -2.35. The van der Waals surface area contributed by atoms with Gasteiger partial charge in [0.25, 0.3) is 0 Å². The monoisotopic (exact) mass is 482 g/mol. The molecule has 184 valence electrons. The quantitative estimate of drug-likeness (QED) is 0.455. The number of aromatic amines is 1. The van der Waals surface area contributed by atoms with Gasteiger partial charge in [-0.1, -0.05) is 0 Å². The number of benzene rings is 1. The molecule has 1 saturated heterocycles. The molecule has 5 rings (SSSR count). The lowest BCUT2D eigenvalue weighted by molar-refractivity contribution is 0.372. The van der Waals surface area contributed by atoms with Crippen LogP contribution in [0.5, 0.6) is 0 Å². The smallest absolute Gasteiger partial charge is 0.327 e. The minimum absolute atomic E-state index is 0.208. The number of imidazole rings is 2. The van der Waals surface area contributed by atoms with E-state index in [1.165, 1.54) is 12.4 Å². The predicted octanol–water partition coefficient (Wildman–Crippen LogP) is 2.74. The van der Waals surface area contributed by atoms with Crippen LogP contribution in [0.1, 0.15) is 24.6 Å². The van der Waals surface area contributed by atoms with Crippen molar-refractivity contribution in [2.24, 2.45) is 7.05 Å². The first kappa shape index (κ1) is 23.2. The molecule has 0 spiro atoms. The summed E-state index contributed by atoms with van der Waals surface area (Å²) in [5.41, 5.74) is 2.20. The van der Waals surface area contributed by atoms with Crippen molar-refractivity contribution in [2.45, 2.75) is 25.3 Å². The zero-order valence-corrected chi connectivity index (χ0v) is 20.0. The molecule has 1 aromatic carbocycles. The van der Waals surface area contributed by atoms with Gasteiger partial charge in [-0.3, -0.25) is 9.55 Å². The summed E-state index contributed by atoms with van der Waals surface area (Å²) in [5, 5.41) is 0. The first-order chi connectivity index (χ1) is 16.8. The Bertz CT molecular complexity index is 1410. The second-order valence-corrected chi connectivity index (χ2v) is 9.25. The molecule has 0 atom stereocenters. The molecular formula is C24H28F2N8O. The molecule has 4 heterocycles. The maximum atomic E-state index is 13.9. The Hall–Kier alpha value is -3.60. The molecule has 11 heteroatoms. The topological polar surface area (TPSA) is 87.9 Å². The van der Waals surface area contributed by atoms with Gasteiger partial charge in [0.1, 0.15) is 17.7 Å². The highest BCUT2D eigenvalue weighted by Gasteiger charge is 2.27. The van der Waals surface area contributed by atoms with E-state index in [-0.39, 0.29) is 11.6 Å². The SMILES string of the molecule is CN(C)CCn1cc(-c2ccc(F)c(F)c2)nc1C1CCN(c2ncnc3[nH]c(=O)n(C)c23)CC1. The lowest BCUT2D eigenvalue weighted by Gasteiger charge is -2.33. The van der Waals surface area contributed by atoms with Crippen LogP contribution in [0.25, 0.3) is 22.4 Å². The van der Waals surface area contributed by atoms with Crippen LogP contribution in [0.2, 0.25) is 0 Å². The number of hydrogen-bond donors (Lipinski definition) is 1. The van der Waals surface area contributed by atoms with Crippen LogP contribution in [0.3, 0.4) is 0 Å². The molecule has 0 saturated carbocycles. The summed E-state index contributed by atoms with van der Waals surface area (Å²) in [6.45, 7) is 3.07. The molecule has 1 fully saturated rings. The normalized spacial score (nSPS) is 15.0. The van der Waals surface area contributed by atoms with Gasteiger partial charge in [-0.25, -0.2) is 28.5 Å². The van der Waals surface area contributed by atoms with Crippen LogP contribution in [0.15, 0.2) is 35.5 Å². The summed E-state index contributed by atoms with van der Waals surface area (Å²) in [5.74, 6) is 0.156. The zero-order chi connectivity index (χ0) is 24.7.